The molecule has 2 amide bonds. The number of carbonyl (C=O) groups is 2. The molecular formula is C19H17FN2O3. The highest BCUT2D eigenvalue weighted by Gasteiger charge is 2.44. The normalized spacial score (nSPS) is 21.4. The summed E-state index contributed by atoms with van der Waals surface area (Å²) >= 11 is 0. The first kappa shape index (κ1) is 15.6. The van der Waals surface area contributed by atoms with Crippen LogP contribution in [-0.4, -0.2) is 25.5 Å². The van der Waals surface area contributed by atoms with E-state index < -0.39 is 0 Å². The van der Waals surface area contributed by atoms with Crippen LogP contribution in [0.2, 0.25) is 0 Å². The minimum atomic E-state index is -0.277. The Morgan fingerprint density at radius 3 is 2.76 bits per heavy atom. The molecule has 1 saturated carbocycles. The summed E-state index contributed by atoms with van der Waals surface area (Å²) in [7, 11) is 1.68. The molecule has 1 aliphatic heterocycles. The second-order valence-corrected chi connectivity index (χ2v) is 6.41. The highest BCUT2D eigenvalue weighted by molar-refractivity contribution is 6.00. The lowest BCUT2D eigenvalue weighted by atomic mass is 10.1. The standard InChI is InChI=1S/C19H17FN2O3/c1-22-16-8-13(6-7-17(16)25-10-18(22)23)21-19(24)15-9-14(15)11-2-4-12(20)5-3-11/h2-8,14-15H,9-10H2,1H3,(H,21,24)/t14-,15+/m0/s1. The highest BCUT2D eigenvalue weighted by Crippen LogP contribution is 2.48. The molecule has 0 saturated heterocycles. The van der Waals surface area contributed by atoms with Crippen molar-refractivity contribution in [3.63, 3.8) is 0 Å². The van der Waals surface area contributed by atoms with Gasteiger partial charge in [0.2, 0.25) is 5.91 Å². The summed E-state index contributed by atoms with van der Waals surface area (Å²) < 4.78 is 18.4. The Morgan fingerprint density at radius 1 is 1.24 bits per heavy atom. The van der Waals surface area contributed by atoms with E-state index in [1.54, 1.807) is 37.4 Å². The zero-order chi connectivity index (χ0) is 17.6. The molecule has 2 aromatic rings. The van der Waals surface area contributed by atoms with Crippen LogP contribution in [0, 0.1) is 11.7 Å². The summed E-state index contributed by atoms with van der Waals surface area (Å²) in [6, 6.07) is 11.5. The van der Waals surface area contributed by atoms with Gasteiger partial charge in [-0.2, -0.15) is 0 Å². The fraction of sp³-hybridized carbons (Fsp3) is 0.263. The van der Waals surface area contributed by atoms with E-state index in [9.17, 15) is 14.0 Å². The topological polar surface area (TPSA) is 58.6 Å². The van der Waals surface area contributed by atoms with Gasteiger partial charge in [-0.05, 0) is 48.2 Å². The van der Waals surface area contributed by atoms with Gasteiger partial charge in [0.15, 0.2) is 6.61 Å². The summed E-state index contributed by atoms with van der Waals surface area (Å²) in [5.41, 5.74) is 2.24. The van der Waals surface area contributed by atoms with E-state index in [0.717, 1.165) is 12.0 Å². The summed E-state index contributed by atoms with van der Waals surface area (Å²) in [5.74, 6) is 0.161. The van der Waals surface area contributed by atoms with Crippen molar-refractivity contribution in [2.75, 3.05) is 23.9 Å². The first-order valence-electron chi connectivity index (χ1n) is 8.12. The zero-order valence-corrected chi connectivity index (χ0v) is 13.7. The molecule has 0 aromatic heterocycles. The Morgan fingerprint density at radius 2 is 2.00 bits per heavy atom. The van der Waals surface area contributed by atoms with Crippen molar-refractivity contribution in [3.8, 4) is 5.75 Å². The van der Waals surface area contributed by atoms with Gasteiger partial charge in [-0.15, -0.1) is 0 Å². The lowest BCUT2D eigenvalue weighted by Crippen LogP contribution is -2.35. The van der Waals surface area contributed by atoms with Crippen LogP contribution in [0.15, 0.2) is 42.5 Å². The molecule has 0 bridgehead atoms. The van der Waals surface area contributed by atoms with Crippen molar-refractivity contribution in [2.45, 2.75) is 12.3 Å². The van der Waals surface area contributed by atoms with Crippen LogP contribution < -0.4 is 15.0 Å². The number of carbonyl (C=O) groups excluding carboxylic acids is 2. The third-order valence-electron chi connectivity index (χ3n) is 4.74. The quantitative estimate of drug-likeness (QED) is 0.935. The molecule has 1 N–H and O–H groups in total. The molecule has 128 valence electrons. The average Bonchev–Trinajstić information content (AvgIpc) is 3.40. The SMILES string of the molecule is CN1C(=O)COc2ccc(NC(=O)[C@@H]3C[C@H]3c3ccc(F)cc3)cc21. The minimum absolute atomic E-state index is 0.0244. The Kier molecular flexibility index (Phi) is 3.67. The highest BCUT2D eigenvalue weighted by atomic mass is 19.1. The predicted molar refractivity (Wildman–Crippen MR) is 91.2 cm³/mol. The molecule has 1 fully saturated rings. The first-order valence-corrected chi connectivity index (χ1v) is 8.12. The molecule has 0 radical (unpaired) electrons. The number of hydrogen-bond donors (Lipinski definition) is 1. The van der Waals surface area contributed by atoms with Crippen molar-refractivity contribution < 1.29 is 18.7 Å². The van der Waals surface area contributed by atoms with Gasteiger partial charge in [-0.25, -0.2) is 4.39 Å². The van der Waals surface area contributed by atoms with E-state index in [4.69, 9.17) is 4.74 Å². The van der Waals surface area contributed by atoms with E-state index in [2.05, 4.69) is 5.32 Å². The van der Waals surface area contributed by atoms with Gasteiger partial charge in [0.1, 0.15) is 11.6 Å². The van der Waals surface area contributed by atoms with Crippen molar-refractivity contribution in [3.05, 3.63) is 53.8 Å². The minimum Gasteiger partial charge on any atom is -0.482 e. The van der Waals surface area contributed by atoms with E-state index in [1.807, 2.05) is 0 Å². The van der Waals surface area contributed by atoms with Gasteiger partial charge in [0, 0.05) is 18.7 Å². The van der Waals surface area contributed by atoms with Gasteiger partial charge in [0.25, 0.3) is 5.91 Å². The van der Waals surface area contributed by atoms with Gasteiger partial charge in [-0.1, -0.05) is 12.1 Å². The Bertz CT molecular complexity index is 850. The number of hydrogen-bond acceptors (Lipinski definition) is 3. The van der Waals surface area contributed by atoms with Crippen LogP contribution in [-0.2, 0) is 9.59 Å². The van der Waals surface area contributed by atoms with Crippen LogP contribution in [0.3, 0.4) is 0 Å². The van der Waals surface area contributed by atoms with Crippen molar-refractivity contribution >= 4 is 23.2 Å². The Hall–Kier alpha value is -2.89. The largest absolute Gasteiger partial charge is 0.482 e. The lowest BCUT2D eigenvalue weighted by molar-refractivity contribution is -0.121. The number of ether oxygens (including phenoxy) is 1. The van der Waals surface area contributed by atoms with Crippen LogP contribution in [0.25, 0.3) is 0 Å². The van der Waals surface area contributed by atoms with Crippen LogP contribution >= 0.6 is 0 Å². The number of likely N-dealkylation sites (N-methyl/N-ethyl adjacent to an activating group) is 1. The molecular weight excluding hydrogens is 323 g/mol. The van der Waals surface area contributed by atoms with E-state index in [1.165, 1.54) is 17.0 Å². The van der Waals surface area contributed by atoms with Crippen LogP contribution in [0.4, 0.5) is 15.8 Å². The zero-order valence-electron chi connectivity index (χ0n) is 13.7. The molecule has 0 unspecified atom stereocenters. The summed E-state index contributed by atoms with van der Waals surface area (Å²) in [6.45, 7) is 0.0244. The van der Waals surface area contributed by atoms with Crippen LogP contribution in [0.1, 0.15) is 17.9 Å². The first-order chi connectivity index (χ1) is 12.0. The summed E-state index contributed by atoms with van der Waals surface area (Å²) in [4.78, 5) is 25.7. The van der Waals surface area contributed by atoms with Gasteiger partial charge in [-0.3, -0.25) is 9.59 Å². The summed E-state index contributed by atoms with van der Waals surface area (Å²) in [6.07, 6.45) is 0.754. The second kappa shape index (κ2) is 5.88. The van der Waals surface area contributed by atoms with E-state index in [-0.39, 0.29) is 36.1 Å². The Balaban J connectivity index is 1.45. The maximum atomic E-state index is 13.0. The molecule has 25 heavy (non-hydrogen) atoms. The third-order valence-corrected chi connectivity index (χ3v) is 4.74. The van der Waals surface area contributed by atoms with Crippen molar-refractivity contribution in [1.82, 2.24) is 0 Å². The number of anilines is 2. The number of nitrogens with zero attached hydrogens (tertiary/aromatic N) is 1. The molecule has 5 nitrogen and oxygen atoms in total. The number of nitrogens with one attached hydrogen (secondary N) is 1. The average molecular weight is 340 g/mol. The number of benzene rings is 2. The van der Waals surface area contributed by atoms with Gasteiger partial charge < -0.3 is 15.0 Å². The fourth-order valence-electron chi connectivity index (χ4n) is 3.15. The fourth-order valence-corrected chi connectivity index (χ4v) is 3.15. The molecule has 2 aromatic carbocycles. The van der Waals surface area contributed by atoms with Gasteiger partial charge >= 0.3 is 0 Å². The smallest absolute Gasteiger partial charge is 0.264 e. The number of fused-ring (bicyclic) bond motifs is 1. The molecule has 2 atom stereocenters. The maximum Gasteiger partial charge on any atom is 0.264 e. The molecule has 1 heterocycles. The second-order valence-electron chi connectivity index (χ2n) is 6.41. The molecule has 0 spiro atoms. The number of rotatable bonds is 3. The van der Waals surface area contributed by atoms with E-state index in [0.29, 0.717) is 17.1 Å². The predicted octanol–water partition coefficient (Wildman–Crippen LogP) is 2.92. The third kappa shape index (κ3) is 2.95. The Labute approximate surface area is 144 Å². The van der Waals surface area contributed by atoms with E-state index >= 15 is 0 Å². The summed E-state index contributed by atoms with van der Waals surface area (Å²) in [5, 5.41) is 2.89. The number of amides is 2. The molecule has 6 heteroatoms. The molecule has 4 rings (SSSR count). The van der Waals surface area contributed by atoms with Crippen molar-refractivity contribution in [1.29, 1.82) is 0 Å². The maximum absolute atomic E-state index is 13.0. The lowest BCUT2D eigenvalue weighted by Gasteiger charge is -2.26. The van der Waals surface area contributed by atoms with Gasteiger partial charge in [0.05, 0.1) is 5.69 Å². The monoisotopic (exact) mass is 340 g/mol. The molecule has 2 aliphatic rings. The van der Waals surface area contributed by atoms with Crippen LogP contribution in [0.5, 0.6) is 5.75 Å². The number of halogens is 1. The molecule has 1 aliphatic carbocycles. The van der Waals surface area contributed by atoms with Crippen molar-refractivity contribution in [2.24, 2.45) is 5.92 Å².